The number of anilines is 2. The van der Waals surface area contributed by atoms with Crippen LogP contribution in [0.15, 0.2) is 48.8 Å². The van der Waals surface area contributed by atoms with Gasteiger partial charge in [-0.2, -0.15) is 0 Å². The smallest absolute Gasteiger partial charge is 0.256 e. The summed E-state index contributed by atoms with van der Waals surface area (Å²) in [6.45, 7) is 2.94. The zero-order valence-electron chi connectivity index (χ0n) is 13.7. The second-order valence-electron chi connectivity index (χ2n) is 5.85. The van der Waals surface area contributed by atoms with E-state index < -0.39 is 11.5 Å². The first-order valence-electron chi connectivity index (χ1n) is 7.67. The van der Waals surface area contributed by atoms with E-state index in [0.29, 0.717) is 17.8 Å². The lowest BCUT2D eigenvalue weighted by Crippen LogP contribution is -2.40. The van der Waals surface area contributed by atoms with Gasteiger partial charge in [-0.25, -0.2) is 0 Å². The van der Waals surface area contributed by atoms with Crippen LogP contribution in [0.25, 0.3) is 0 Å². The Morgan fingerprint density at radius 3 is 2.42 bits per heavy atom. The molecule has 0 aliphatic rings. The molecule has 126 valence electrons. The van der Waals surface area contributed by atoms with Crippen molar-refractivity contribution < 1.29 is 14.7 Å². The number of aliphatic hydroxyl groups is 1. The number of aryl methyl sites for hydroxylation is 1. The van der Waals surface area contributed by atoms with Crippen LogP contribution in [0.2, 0.25) is 0 Å². The molecule has 0 bridgehead atoms. The van der Waals surface area contributed by atoms with Gasteiger partial charge in [0.05, 0.1) is 11.9 Å². The summed E-state index contributed by atoms with van der Waals surface area (Å²) in [5.41, 5.74) is 0.736. The summed E-state index contributed by atoms with van der Waals surface area (Å²) < 4.78 is 0. The standard InChI is InChI=1S/C18H21N3O3/c1-13(22)20-15-7-5-14(6-8-15)9-10-18(2,24)17(23)21-16-4-3-11-19-12-16/h3-8,11-12,24H,9-10H2,1-2H3,(H,20,22)(H,21,23). The van der Waals surface area contributed by atoms with Gasteiger partial charge in [0.2, 0.25) is 5.91 Å². The van der Waals surface area contributed by atoms with Crippen molar-refractivity contribution in [3.8, 4) is 0 Å². The van der Waals surface area contributed by atoms with Gasteiger partial charge in [0.25, 0.3) is 5.91 Å². The van der Waals surface area contributed by atoms with Crippen molar-refractivity contribution in [3.05, 3.63) is 54.4 Å². The Hall–Kier alpha value is -2.73. The van der Waals surface area contributed by atoms with Crippen LogP contribution >= 0.6 is 0 Å². The minimum atomic E-state index is -1.49. The summed E-state index contributed by atoms with van der Waals surface area (Å²) in [5.74, 6) is -0.594. The summed E-state index contributed by atoms with van der Waals surface area (Å²) >= 11 is 0. The van der Waals surface area contributed by atoms with Gasteiger partial charge in [-0.05, 0) is 49.6 Å². The maximum absolute atomic E-state index is 12.2. The van der Waals surface area contributed by atoms with Crippen molar-refractivity contribution in [2.24, 2.45) is 0 Å². The molecule has 6 heteroatoms. The molecule has 1 unspecified atom stereocenters. The number of amides is 2. The van der Waals surface area contributed by atoms with Crippen LogP contribution in [0.1, 0.15) is 25.8 Å². The van der Waals surface area contributed by atoms with Crippen LogP contribution < -0.4 is 10.6 Å². The number of nitrogens with one attached hydrogen (secondary N) is 2. The van der Waals surface area contributed by atoms with Crippen molar-refractivity contribution in [2.75, 3.05) is 10.6 Å². The van der Waals surface area contributed by atoms with E-state index in [0.717, 1.165) is 5.56 Å². The van der Waals surface area contributed by atoms with Gasteiger partial charge in [-0.1, -0.05) is 12.1 Å². The number of aromatic nitrogens is 1. The lowest BCUT2D eigenvalue weighted by atomic mass is 9.95. The fraction of sp³-hybridized carbons (Fsp3) is 0.278. The van der Waals surface area contributed by atoms with Crippen LogP contribution in [-0.4, -0.2) is 27.5 Å². The number of carbonyl (C=O) groups is 2. The number of carbonyl (C=O) groups excluding carboxylic acids is 2. The van der Waals surface area contributed by atoms with E-state index in [9.17, 15) is 14.7 Å². The molecule has 0 saturated carbocycles. The van der Waals surface area contributed by atoms with E-state index in [1.807, 2.05) is 12.1 Å². The zero-order valence-corrected chi connectivity index (χ0v) is 13.7. The molecule has 6 nitrogen and oxygen atoms in total. The number of pyridine rings is 1. The molecule has 0 radical (unpaired) electrons. The first-order chi connectivity index (χ1) is 11.4. The molecular formula is C18H21N3O3. The van der Waals surface area contributed by atoms with Gasteiger partial charge < -0.3 is 15.7 Å². The van der Waals surface area contributed by atoms with Crippen molar-refractivity contribution in [2.45, 2.75) is 32.3 Å². The van der Waals surface area contributed by atoms with E-state index in [-0.39, 0.29) is 12.3 Å². The highest BCUT2D eigenvalue weighted by Crippen LogP contribution is 2.18. The first-order valence-corrected chi connectivity index (χ1v) is 7.67. The molecular weight excluding hydrogens is 306 g/mol. The third-order valence-electron chi connectivity index (χ3n) is 3.58. The Bertz CT molecular complexity index is 697. The molecule has 1 aromatic heterocycles. The lowest BCUT2D eigenvalue weighted by molar-refractivity contribution is -0.132. The van der Waals surface area contributed by atoms with E-state index in [1.54, 1.807) is 30.5 Å². The third kappa shape index (κ3) is 5.17. The Morgan fingerprint density at radius 1 is 1.12 bits per heavy atom. The SMILES string of the molecule is CC(=O)Nc1ccc(CCC(C)(O)C(=O)Nc2cccnc2)cc1. The molecule has 0 fully saturated rings. The van der Waals surface area contributed by atoms with Crippen molar-refractivity contribution in [3.63, 3.8) is 0 Å². The fourth-order valence-electron chi connectivity index (χ4n) is 2.16. The zero-order chi connectivity index (χ0) is 17.6. The van der Waals surface area contributed by atoms with Gasteiger partial charge in [0.15, 0.2) is 0 Å². The molecule has 0 saturated heterocycles. The second-order valence-corrected chi connectivity index (χ2v) is 5.85. The Morgan fingerprint density at radius 2 is 1.83 bits per heavy atom. The molecule has 0 spiro atoms. The quantitative estimate of drug-likeness (QED) is 0.759. The van der Waals surface area contributed by atoms with Crippen LogP contribution in [0, 0.1) is 0 Å². The number of benzene rings is 1. The summed E-state index contributed by atoms with van der Waals surface area (Å²) in [4.78, 5) is 27.1. The van der Waals surface area contributed by atoms with Crippen LogP contribution in [0.4, 0.5) is 11.4 Å². The summed E-state index contributed by atoms with van der Waals surface area (Å²) in [6, 6.07) is 10.7. The molecule has 3 N–H and O–H groups in total. The third-order valence-corrected chi connectivity index (χ3v) is 3.58. The topological polar surface area (TPSA) is 91.3 Å². The number of hydrogen-bond donors (Lipinski definition) is 3. The van der Waals surface area contributed by atoms with Gasteiger partial charge in [0, 0.05) is 18.8 Å². The van der Waals surface area contributed by atoms with Crippen molar-refractivity contribution in [1.29, 1.82) is 0 Å². The van der Waals surface area contributed by atoms with E-state index in [4.69, 9.17) is 0 Å². The molecule has 2 aromatic rings. The molecule has 2 amide bonds. The second kappa shape index (κ2) is 7.70. The molecule has 1 heterocycles. The highest BCUT2D eigenvalue weighted by molar-refractivity contribution is 5.96. The highest BCUT2D eigenvalue weighted by atomic mass is 16.3. The maximum atomic E-state index is 12.2. The minimum absolute atomic E-state index is 0.127. The average molecular weight is 327 g/mol. The molecule has 2 rings (SSSR count). The fourth-order valence-corrected chi connectivity index (χ4v) is 2.16. The predicted octanol–water partition coefficient (Wildman–Crippen LogP) is 2.36. The van der Waals surface area contributed by atoms with E-state index in [1.165, 1.54) is 20.0 Å². The maximum Gasteiger partial charge on any atom is 0.256 e. The molecule has 24 heavy (non-hydrogen) atoms. The molecule has 1 aromatic carbocycles. The highest BCUT2D eigenvalue weighted by Gasteiger charge is 2.29. The summed E-state index contributed by atoms with van der Waals surface area (Å²) in [6.07, 6.45) is 3.94. The van der Waals surface area contributed by atoms with E-state index in [2.05, 4.69) is 15.6 Å². The van der Waals surface area contributed by atoms with Crippen molar-refractivity contribution >= 4 is 23.2 Å². The van der Waals surface area contributed by atoms with Gasteiger partial charge in [0.1, 0.15) is 5.60 Å². The molecule has 0 aliphatic carbocycles. The number of nitrogens with zero attached hydrogens (tertiary/aromatic N) is 1. The Kier molecular flexibility index (Phi) is 5.65. The van der Waals surface area contributed by atoms with E-state index >= 15 is 0 Å². The summed E-state index contributed by atoms with van der Waals surface area (Å²) in [7, 11) is 0. The number of hydrogen-bond acceptors (Lipinski definition) is 4. The minimum Gasteiger partial charge on any atom is -0.380 e. The number of rotatable bonds is 6. The van der Waals surface area contributed by atoms with Crippen LogP contribution in [0.3, 0.4) is 0 Å². The predicted molar refractivity (Wildman–Crippen MR) is 92.6 cm³/mol. The largest absolute Gasteiger partial charge is 0.380 e. The molecule has 0 aliphatic heterocycles. The lowest BCUT2D eigenvalue weighted by Gasteiger charge is -2.22. The van der Waals surface area contributed by atoms with Gasteiger partial charge in [-0.15, -0.1) is 0 Å². The molecule has 1 atom stereocenters. The van der Waals surface area contributed by atoms with Gasteiger partial charge >= 0.3 is 0 Å². The van der Waals surface area contributed by atoms with Gasteiger partial charge in [-0.3, -0.25) is 14.6 Å². The summed E-state index contributed by atoms with van der Waals surface area (Å²) in [5, 5.41) is 15.7. The first kappa shape index (κ1) is 17.6. The van der Waals surface area contributed by atoms with Crippen LogP contribution in [0.5, 0.6) is 0 Å². The Balaban J connectivity index is 1.91. The van der Waals surface area contributed by atoms with Crippen LogP contribution in [-0.2, 0) is 16.0 Å². The monoisotopic (exact) mass is 327 g/mol. The van der Waals surface area contributed by atoms with Crippen molar-refractivity contribution in [1.82, 2.24) is 4.98 Å². The average Bonchev–Trinajstić information content (AvgIpc) is 2.54. The Labute approximate surface area is 140 Å². The normalized spacial score (nSPS) is 13.0.